The van der Waals surface area contributed by atoms with E-state index in [1.807, 2.05) is 6.92 Å². The van der Waals surface area contributed by atoms with E-state index in [0.717, 1.165) is 18.8 Å². The molecule has 0 heterocycles. The minimum atomic E-state index is 0. The Morgan fingerprint density at radius 2 is 2.40 bits per heavy atom. The largest absolute Gasteiger partial charge is 0.349 e. The first-order valence-corrected chi connectivity index (χ1v) is 5.31. The molecule has 1 fully saturated rings. The third-order valence-electron chi connectivity index (χ3n) is 2.65. The van der Waals surface area contributed by atoms with Gasteiger partial charge in [0.1, 0.15) is 0 Å². The normalized spacial score (nSPS) is 24.7. The number of carbonyl (C=O) groups excluding carboxylic acids is 1. The van der Waals surface area contributed by atoms with E-state index in [1.54, 1.807) is 6.08 Å². The fourth-order valence-electron chi connectivity index (χ4n) is 1.74. The molecule has 0 aliphatic heterocycles. The van der Waals surface area contributed by atoms with Crippen molar-refractivity contribution >= 4 is 18.3 Å². The molecule has 1 aliphatic rings. The maximum absolute atomic E-state index is 11.4. The lowest BCUT2D eigenvalue weighted by Crippen LogP contribution is -2.36. The zero-order chi connectivity index (χ0) is 10.6. The van der Waals surface area contributed by atoms with Crippen LogP contribution in [0.15, 0.2) is 11.6 Å². The first kappa shape index (κ1) is 14.5. The standard InChI is InChI=1S/C11H20N2O.ClH/c1-8-3-4-10(5-8)6-11(14)13-9(2)7-12;/h6,8-9H,3-5,7,12H2,1-2H3,(H,13,14);1H/b10-6-;/t8?,9-;/m0./s1. The van der Waals surface area contributed by atoms with Gasteiger partial charge in [-0.05, 0) is 32.1 Å². The molecule has 0 bridgehead atoms. The molecule has 3 N–H and O–H groups in total. The van der Waals surface area contributed by atoms with Gasteiger partial charge in [-0.15, -0.1) is 12.4 Å². The lowest BCUT2D eigenvalue weighted by Gasteiger charge is -2.09. The van der Waals surface area contributed by atoms with Crippen molar-refractivity contribution in [3.63, 3.8) is 0 Å². The van der Waals surface area contributed by atoms with E-state index in [4.69, 9.17) is 5.73 Å². The van der Waals surface area contributed by atoms with E-state index in [2.05, 4.69) is 12.2 Å². The number of rotatable bonds is 3. The predicted octanol–water partition coefficient (Wildman–Crippen LogP) is 1.62. The number of nitrogens with two attached hydrogens (primary N) is 1. The van der Waals surface area contributed by atoms with Crippen molar-refractivity contribution < 1.29 is 4.79 Å². The van der Waals surface area contributed by atoms with Crippen molar-refractivity contribution in [2.75, 3.05) is 6.54 Å². The van der Waals surface area contributed by atoms with Crippen LogP contribution < -0.4 is 11.1 Å². The molecule has 0 aromatic rings. The Morgan fingerprint density at radius 3 is 2.87 bits per heavy atom. The van der Waals surface area contributed by atoms with E-state index in [1.165, 1.54) is 12.0 Å². The molecule has 0 saturated heterocycles. The van der Waals surface area contributed by atoms with Gasteiger partial charge in [0.2, 0.25) is 5.91 Å². The van der Waals surface area contributed by atoms with Crippen LogP contribution in [0.5, 0.6) is 0 Å². The Hall–Kier alpha value is -0.540. The minimum absolute atomic E-state index is 0. The number of hydrogen-bond acceptors (Lipinski definition) is 2. The lowest BCUT2D eigenvalue weighted by atomic mass is 10.1. The summed E-state index contributed by atoms with van der Waals surface area (Å²) in [6, 6.07) is 0.0678. The van der Waals surface area contributed by atoms with Gasteiger partial charge in [0.15, 0.2) is 0 Å². The number of amides is 1. The Kier molecular flexibility index (Phi) is 6.61. The summed E-state index contributed by atoms with van der Waals surface area (Å²) in [6.45, 7) is 4.63. The van der Waals surface area contributed by atoms with Crippen LogP contribution in [0, 0.1) is 5.92 Å². The molecule has 15 heavy (non-hydrogen) atoms. The summed E-state index contributed by atoms with van der Waals surface area (Å²) in [6.07, 6.45) is 5.11. The molecule has 0 aromatic carbocycles. The smallest absolute Gasteiger partial charge is 0.244 e. The molecule has 0 radical (unpaired) electrons. The van der Waals surface area contributed by atoms with Crippen LogP contribution in [0.2, 0.25) is 0 Å². The first-order valence-electron chi connectivity index (χ1n) is 5.31. The van der Waals surface area contributed by atoms with Crippen LogP contribution >= 0.6 is 12.4 Å². The lowest BCUT2D eigenvalue weighted by molar-refractivity contribution is -0.117. The molecule has 3 nitrogen and oxygen atoms in total. The topological polar surface area (TPSA) is 55.1 Å². The van der Waals surface area contributed by atoms with Gasteiger partial charge < -0.3 is 11.1 Å². The monoisotopic (exact) mass is 232 g/mol. The molecule has 88 valence electrons. The van der Waals surface area contributed by atoms with E-state index in [9.17, 15) is 4.79 Å². The van der Waals surface area contributed by atoms with Gasteiger partial charge in [0.05, 0.1) is 0 Å². The van der Waals surface area contributed by atoms with Gasteiger partial charge in [-0.2, -0.15) is 0 Å². The van der Waals surface area contributed by atoms with Gasteiger partial charge in [-0.1, -0.05) is 12.5 Å². The van der Waals surface area contributed by atoms with Crippen molar-refractivity contribution in [2.45, 2.75) is 39.2 Å². The summed E-state index contributed by atoms with van der Waals surface area (Å²) in [4.78, 5) is 11.4. The number of halogens is 1. The second-order valence-electron chi connectivity index (χ2n) is 4.30. The molecular formula is C11H21ClN2O. The average Bonchev–Trinajstić information content (AvgIpc) is 2.50. The van der Waals surface area contributed by atoms with E-state index < -0.39 is 0 Å². The summed E-state index contributed by atoms with van der Waals surface area (Å²) in [5, 5.41) is 2.83. The third kappa shape index (κ3) is 5.19. The molecule has 1 saturated carbocycles. The molecule has 1 unspecified atom stereocenters. The van der Waals surface area contributed by atoms with E-state index >= 15 is 0 Å². The predicted molar refractivity (Wildman–Crippen MR) is 65.0 cm³/mol. The molecule has 0 aromatic heterocycles. The molecule has 1 amide bonds. The summed E-state index contributed by atoms with van der Waals surface area (Å²) in [5.74, 6) is 0.744. The summed E-state index contributed by atoms with van der Waals surface area (Å²) < 4.78 is 0. The van der Waals surface area contributed by atoms with Gasteiger partial charge in [0, 0.05) is 18.7 Å². The van der Waals surface area contributed by atoms with Crippen molar-refractivity contribution in [3.05, 3.63) is 11.6 Å². The average molecular weight is 233 g/mol. The van der Waals surface area contributed by atoms with Crippen LogP contribution in [0.3, 0.4) is 0 Å². The number of allylic oxidation sites excluding steroid dienone is 1. The molecule has 1 rings (SSSR count). The fourth-order valence-corrected chi connectivity index (χ4v) is 1.74. The second kappa shape index (κ2) is 6.85. The highest BCUT2D eigenvalue weighted by molar-refractivity contribution is 5.88. The molecule has 4 heteroatoms. The number of carbonyl (C=O) groups is 1. The zero-order valence-corrected chi connectivity index (χ0v) is 10.3. The highest BCUT2D eigenvalue weighted by Gasteiger charge is 2.15. The molecule has 2 atom stereocenters. The van der Waals surface area contributed by atoms with E-state index in [-0.39, 0.29) is 24.4 Å². The van der Waals surface area contributed by atoms with E-state index in [0.29, 0.717) is 6.54 Å². The van der Waals surface area contributed by atoms with Gasteiger partial charge in [-0.3, -0.25) is 4.79 Å². The zero-order valence-electron chi connectivity index (χ0n) is 9.45. The molecule has 1 aliphatic carbocycles. The summed E-state index contributed by atoms with van der Waals surface area (Å²) >= 11 is 0. The first-order chi connectivity index (χ1) is 6.61. The minimum Gasteiger partial charge on any atom is -0.349 e. The summed E-state index contributed by atoms with van der Waals surface area (Å²) in [5.41, 5.74) is 6.69. The highest BCUT2D eigenvalue weighted by Crippen LogP contribution is 2.29. The van der Waals surface area contributed by atoms with Crippen molar-refractivity contribution in [3.8, 4) is 0 Å². The third-order valence-corrected chi connectivity index (χ3v) is 2.65. The molecular weight excluding hydrogens is 212 g/mol. The van der Waals surface area contributed by atoms with Crippen LogP contribution in [-0.2, 0) is 4.79 Å². The fraction of sp³-hybridized carbons (Fsp3) is 0.727. The Labute approximate surface area is 97.9 Å². The second-order valence-corrected chi connectivity index (χ2v) is 4.30. The Balaban J connectivity index is 0.00000196. The van der Waals surface area contributed by atoms with Gasteiger partial charge >= 0.3 is 0 Å². The van der Waals surface area contributed by atoms with Crippen LogP contribution in [-0.4, -0.2) is 18.5 Å². The van der Waals surface area contributed by atoms with Crippen molar-refractivity contribution in [1.29, 1.82) is 0 Å². The van der Waals surface area contributed by atoms with Gasteiger partial charge in [-0.25, -0.2) is 0 Å². The number of hydrogen-bond donors (Lipinski definition) is 2. The number of nitrogens with one attached hydrogen (secondary N) is 1. The van der Waals surface area contributed by atoms with Crippen molar-refractivity contribution in [2.24, 2.45) is 11.7 Å². The van der Waals surface area contributed by atoms with Gasteiger partial charge in [0.25, 0.3) is 0 Å². The van der Waals surface area contributed by atoms with Crippen LogP contribution in [0.1, 0.15) is 33.1 Å². The summed E-state index contributed by atoms with van der Waals surface area (Å²) in [7, 11) is 0. The highest BCUT2D eigenvalue weighted by atomic mass is 35.5. The Bertz CT molecular complexity index is 241. The maximum atomic E-state index is 11.4. The quantitative estimate of drug-likeness (QED) is 0.727. The van der Waals surface area contributed by atoms with Crippen molar-refractivity contribution in [1.82, 2.24) is 5.32 Å². The van der Waals surface area contributed by atoms with Crippen LogP contribution in [0.4, 0.5) is 0 Å². The van der Waals surface area contributed by atoms with Crippen LogP contribution in [0.25, 0.3) is 0 Å². The SMILES string of the molecule is CC1CC/C(=C/C(=O)N[C@@H](C)CN)C1.Cl. The maximum Gasteiger partial charge on any atom is 0.244 e. The molecule has 0 spiro atoms. The Morgan fingerprint density at radius 1 is 1.73 bits per heavy atom.